The highest BCUT2D eigenvalue weighted by molar-refractivity contribution is 5.59. The monoisotopic (exact) mass is 391 g/mol. The van der Waals surface area contributed by atoms with E-state index in [1.807, 2.05) is 12.1 Å². The third-order valence-corrected chi connectivity index (χ3v) is 7.71. The minimum Gasteiger partial charge on any atom is -0.303 e. The first-order valence-corrected chi connectivity index (χ1v) is 11.8. The molecule has 2 aliphatic rings. The number of carbonyl (C=O) groups is 1. The van der Waals surface area contributed by atoms with E-state index in [4.69, 9.17) is 5.26 Å². The molecule has 0 bridgehead atoms. The van der Waals surface area contributed by atoms with Gasteiger partial charge in [-0.15, -0.1) is 0 Å². The minimum absolute atomic E-state index is 0.131. The van der Waals surface area contributed by atoms with Crippen molar-refractivity contribution in [1.82, 2.24) is 0 Å². The van der Waals surface area contributed by atoms with Crippen molar-refractivity contribution >= 4 is 6.29 Å². The van der Waals surface area contributed by atoms with E-state index in [2.05, 4.69) is 31.2 Å². The van der Waals surface area contributed by atoms with Crippen LogP contribution in [0.25, 0.3) is 0 Å². The van der Waals surface area contributed by atoms with Crippen molar-refractivity contribution in [3.63, 3.8) is 0 Å². The van der Waals surface area contributed by atoms with Gasteiger partial charge in [0.05, 0.1) is 6.07 Å². The van der Waals surface area contributed by atoms with Crippen molar-refractivity contribution < 1.29 is 4.79 Å². The van der Waals surface area contributed by atoms with Crippen molar-refractivity contribution in [1.29, 1.82) is 5.26 Å². The second-order valence-electron chi connectivity index (χ2n) is 9.49. The molecule has 156 valence electrons. The predicted molar refractivity (Wildman–Crippen MR) is 120 cm³/mol. The molecule has 0 N–H and O–H groups in total. The van der Waals surface area contributed by atoms with Gasteiger partial charge in [-0.2, -0.15) is 5.26 Å². The van der Waals surface area contributed by atoms with Gasteiger partial charge in [-0.05, 0) is 99.5 Å². The van der Waals surface area contributed by atoms with Crippen LogP contribution in [0.1, 0.15) is 94.6 Å². The van der Waals surface area contributed by atoms with Gasteiger partial charge in [-0.3, -0.25) is 0 Å². The van der Waals surface area contributed by atoms with Gasteiger partial charge in [0.15, 0.2) is 0 Å². The van der Waals surface area contributed by atoms with Crippen molar-refractivity contribution in [2.45, 2.75) is 89.9 Å². The van der Waals surface area contributed by atoms with E-state index in [0.717, 1.165) is 43.4 Å². The van der Waals surface area contributed by atoms with Crippen LogP contribution in [-0.2, 0) is 11.2 Å². The van der Waals surface area contributed by atoms with Gasteiger partial charge in [-0.1, -0.05) is 43.7 Å². The highest BCUT2D eigenvalue weighted by Crippen LogP contribution is 2.47. The molecule has 0 heterocycles. The minimum atomic E-state index is -0.131. The van der Waals surface area contributed by atoms with Crippen molar-refractivity contribution in [2.75, 3.05) is 0 Å². The number of benzene rings is 1. The second-order valence-corrected chi connectivity index (χ2v) is 9.49. The average Bonchev–Trinajstić information content (AvgIpc) is 2.78. The first-order valence-electron chi connectivity index (χ1n) is 11.8. The molecule has 0 aliphatic heterocycles. The first kappa shape index (κ1) is 21.8. The fraction of sp³-hybridized carbons (Fsp3) is 0.630. The normalized spacial score (nSPS) is 30.1. The van der Waals surface area contributed by atoms with Crippen molar-refractivity contribution in [3.8, 4) is 6.07 Å². The lowest BCUT2D eigenvalue weighted by Crippen LogP contribution is -2.32. The third-order valence-electron chi connectivity index (χ3n) is 7.71. The number of hydrogen-bond acceptors (Lipinski definition) is 2. The molecule has 0 saturated heterocycles. The molecular formula is C27H37NO. The lowest BCUT2D eigenvalue weighted by molar-refractivity contribution is -0.119. The fourth-order valence-electron chi connectivity index (χ4n) is 5.79. The number of nitriles is 1. The maximum atomic E-state index is 11.8. The molecule has 1 aromatic rings. The summed E-state index contributed by atoms with van der Waals surface area (Å²) in [4.78, 5) is 11.8. The molecule has 2 aliphatic carbocycles. The smallest absolute Gasteiger partial charge is 0.126 e. The number of nitrogens with zero attached hydrogens (tertiary/aromatic N) is 1. The average molecular weight is 392 g/mol. The third kappa shape index (κ3) is 5.81. The zero-order valence-electron chi connectivity index (χ0n) is 18.1. The van der Waals surface area contributed by atoms with Gasteiger partial charge in [0.1, 0.15) is 6.29 Å². The van der Waals surface area contributed by atoms with Crippen LogP contribution in [0.2, 0.25) is 0 Å². The van der Waals surface area contributed by atoms with Gasteiger partial charge in [0.25, 0.3) is 0 Å². The van der Waals surface area contributed by atoms with E-state index in [1.54, 1.807) is 6.08 Å². The van der Waals surface area contributed by atoms with Crippen LogP contribution in [-0.4, -0.2) is 6.29 Å². The van der Waals surface area contributed by atoms with E-state index < -0.39 is 0 Å². The molecule has 2 saturated carbocycles. The Hall–Kier alpha value is -1.88. The molecule has 2 heteroatoms. The summed E-state index contributed by atoms with van der Waals surface area (Å²) in [6.45, 7) is 2.24. The number of carbonyl (C=O) groups excluding carboxylic acids is 1. The predicted octanol–water partition coefficient (Wildman–Crippen LogP) is 7.15. The Morgan fingerprint density at radius 2 is 1.69 bits per heavy atom. The fourth-order valence-corrected chi connectivity index (χ4v) is 5.79. The van der Waals surface area contributed by atoms with E-state index in [1.165, 1.54) is 68.8 Å². The van der Waals surface area contributed by atoms with Crippen LogP contribution in [0.3, 0.4) is 0 Å². The molecule has 0 spiro atoms. The van der Waals surface area contributed by atoms with Crippen LogP contribution >= 0.6 is 0 Å². The van der Waals surface area contributed by atoms with E-state index >= 15 is 0 Å². The van der Waals surface area contributed by atoms with Crippen LogP contribution in [0.4, 0.5) is 0 Å². The van der Waals surface area contributed by atoms with E-state index in [-0.39, 0.29) is 5.41 Å². The summed E-state index contributed by atoms with van der Waals surface area (Å²) < 4.78 is 0. The van der Waals surface area contributed by atoms with E-state index in [9.17, 15) is 4.79 Å². The molecule has 0 radical (unpaired) electrons. The largest absolute Gasteiger partial charge is 0.303 e. The molecule has 0 unspecified atom stereocenters. The number of rotatable bonds is 8. The molecule has 2 fully saturated rings. The summed E-state index contributed by atoms with van der Waals surface area (Å²) in [5.41, 5.74) is 2.87. The van der Waals surface area contributed by atoms with Gasteiger partial charge in [-0.25, -0.2) is 0 Å². The Bertz CT molecular complexity index is 695. The molecule has 1 aromatic carbocycles. The lowest BCUT2D eigenvalue weighted by Gasteiger charge is -2.41. The highest BCUT2D eigenvalue weighted by Gasteiger charge is 2.38. The summed E-state index contributed by atoms with van der Waals surface area (Å²) in [6, 6.07) is 11.4. The van der Waals surface area contributed by atoms with Gasteiger partial charge < -0.3 is 4.79 Å². The van der Waals surface area contributed by atoms with Crippen LogP contribution in [0.5, 0.6) is 0 Å². The molecule has 0 atom stereocenters. The number of allylic oxidation sites excluding steroid dienone is 2. The van der Waals surface area contributed by atoms with Crippen LogP contribution in [0.15, 0.2) is 36.4 Å². The number of aldehydes is 1. The van der Waals surface area contributed by atoms with E-state index in [0.29, 0.717) is 0 Å². The molecule has 29 heavy (non-hydrogen) atoms. The Morgan fingerprint density at radius 1 is 1.03 bits per heavy atom. The molecule has 0 aromatic heterocycles. The van der Waals surface area contributed by atoms with Crippen LogP contribution in [0, 0.1) is 28.6 Å². The van der Waals surface area contributed by atoms with Gasteiger partial charge in [0, 0.05) is 11.5 Å². The molecule has 2 nitrogen and oxygen atoms in total. The zero-order valence-corrected chi connectivity index (χ0v) is 18.1. The number of aryl methyl sites for hydroxylation is 1. The van der Waals surface area contributed by atoms with Gasteiger partial charge >= 0.3 is 0 Å². The quantitative estimate of drug-likeness (QED) is 0.349. The van der Waals surface area contributed by atoms with Gasteiger partial charge in [0.2, 0.25) is 0 Å². The Balaban J connectivity index is 1.46. The molecule has 3 rings (SSSR count). The maximum Gasteiger partial charge on any atom is 0.126 e. The summed E-state index contributed by atoms with van der Waals surface area (Å²) in [5.74, 6) is 2.41. The number of hydrogen-bond donors (Lipinski definition) is 0. The lowest BCUT2D eigenvalue weighted by atomic mass is 9.63. The summed E-state index contributed by atoms with van der Waals surface area (Å²) in [6.07, 6.45) is 18.7. The zero-order chi connectivity index (χ0) is 20.5. The first-order chi connectivity index (χ1) is 14.2. The Kier molecular flexibility index (Phi) is 8.10. The Labute approximate surface area is 177 Å². The molecular weight excluding hydrogens is 354 g/mol. The van der Waals surface area contributed by atoms with Crippen molar-refractivity contribution in [3.05, 3.63) is 47.5 Å². The molecule has 0 amide bonds. The van der Waals surface area contributed by atoms with Crippen LogP contribution < -0.4 is 0 Å². The summed E-state index contributed by atoms with van der Waals surface area (Å²) in [7, 11) is 0. The maximum absolute atomic E-state index is 11.8. The highest BCUT2D eigenvalue weighted by atomic mass is 16.1. The van der Waals surface area contributed by atoms with Crippen molar-refractivity contribution in [2.24, 2.45) is 17.3 Å². The summed E-state index contributed by atoms with van der Waals surface area (Å²) >= 11 is 0. The standard InChI is InChI=1S/C27H37NO/c1-2-6-22-7-9-23(10-8-22)24-11-13-25(14-12-24)26-15-18-27(21-29,19-16-26)17-4-3-5-20-28/h3,5,7-10,21,24-26H,2,4,6,11-19H2,1H3. The topological polar surface area (TPSA) is 40.9 Å². The summed E-state index contributed by atoms with van der Waals surface area (Å²) in [5, 5.41) is 8.62. The second kappa shape index (κ2) is 10.8. The Morgan fingerprint density at radius 3 is 2.28 bits per heavy atom. The SMILES string of the molecule is CCCc1ccc(C2CCC(C3CCC(C=O)(CCC=CC#N)CC3)CC2)cc1.